The number of nitrogens with one attached hydrogen (secondary N) is 1. The maximum Gasteiger partial charge on any atom is 0.217 e. The zero-order chi connectivity index (χ0) is 13.7. The zero-order valence-electron chi connectivity index (χ0n) is 10.2. The molecule has 0 aromatic rings. The van der Waals surface area contributed by atoms with Gasteiger partial charge in [0.05, 0.1) is 13.2 Å². The van der Waals surface area contributed by atoms with Gasteiger partial charge in [-0.25, -0.2) is 0 Å². The number of carbonyl (C=O) groups is 1. The molecule has 7 nitrogen and oxygen atoms in total. The number of aliphatic hydroxyl groups excluding tert-OH is 3. The highest BCUT2D eigenvalue weighted by Gasteiger charge is 2.45. The van der Waals surface area contributed by atoms with Crippen LogP contribution < -0.4 is 5.32 Å². The van der Waals surface area contributed by atoms with E-state index in [0.29, 0.717) is 0 Å². The third kappa shape index (κ3) is 3.50. The van der Waals surface area contributed by atoms with Crippen molar-refractivity contribution in [1.29, 1.82) is 0 Å². The van der Waals surface area contributed by atoms with E-state index < -0.39 is 37.3 Å². The molecule has 1 amide bonds. The number of rotatable bonds is 5. The van der Waals surface area contributed by atoms with Gasteiger partial charge in [-0.1, -0.05) is 6.08 Å². The summed E-state index contributed by atoms with van der Waals surface area (Å²) in [6.45, 7) is 4.45. The first kappa shape index (κ1) is 15.1. The molecule has 0 spiro atoms. The lowest BCUT2D eigenvalue weighted by Crippen LogP contribution is -2.64. The summed E-state index contributed by atoms with van der Waals surface area (Å²) in [5.74, 6) is -0.385. The Morgan fingerprint density at radius 1 is 1.50 bits per heavy atom. The lowest BCUT2D eigenvalue weighted by molar-refractivity contribution is -0.267. The second-order valence-corrected chi connectivity index (χ2v) is 4.05. The molecule has 0 aromatic carbocycles. The Labute approximate surface area is 105 Å². The van der Waals surface area contributed by atoms with E-state index in [1.165, 1.54) is 13.0 Å². The fraction of sp³-hybridized carbons (Fsp3) is 0.727. The van der Waals surface area contributed by atoms with Crippen LogP contribution in [0.3, 0.4) is 0 Å². The molecule has 1 heterocycles. The van der Waals surface area contributed by atoms with Gasteiger partial charge < -0.3 is 30.1 Å². The van der Waals surface area contributed by atoms with E-state index in [0.717, 1.165) is 0 Å². The molecule has 1 aliphatic rings. The molecule has 0 bridgehead atoms. The molecule has 104 valence electrons. The van der Waals surface area contributed by atoms with Gasteiger partial charge in [0.15, 0.2) is 6.29 Å². The fourth-order valence-corrected chi connectivity index (χ4v) is 1.78. The van der Waals surface area contributed by atoms with Gasteiger partial charge in [0.2, 0.25) is 5.91 Å². The van der Waals surface area contributed by atoms with Crippen molar-refractivity contribution in [2.45, 2.75) is 37.6 Å². The van der Waals surface area contributed by atoms with Crippen molar-refractivity contribution >= 4 is 5.91 Å². The smallest absolute Gasteiger partial charge is 0.217 e. The van der Waals surface area contributed by atoms with Crippen LogP contribution in [0.2, 0.25) is 0 Å². The summed E-state index contributed by atoms with van der Waals surface area (Å²) < 4.78 is 10.5. The van der Waals surface area contributed by atoms with E-state index in [1.54, 1.807) is 0 Å². The maximum atomic E-state index is 11.1. The highest BCUT2D eigenvalue weighted by atomic mass is 16.7. The monoisotopic (exact) mass is 261 g/mol. The number of amides is 1. The van der Waals surface area contributed by atoms with E-state index in [9.17, 15) is 15.0 Å². The van der Waals surface area contributed by atoms with Crippen LogP contribution in [-0.2, 0) is 14.3 Å². The molecular formula is C11H19NO6. The Balaban J connectivity index is 2.79. The van der Waals surface area contributed by atoms with Crippen molar-refractivity contribution in [3.63, 3.8) is 0 Å². The third-order valence-electron chi connectivity index (χ3n) is 2.63. The summed E-state index contributed by atoms with van der Waals surface area (Å²) in [7, 11) is 0. The van der Waals surface area contributed by atoms with Crippen LogP contribution in [-0.4, -0.2) is 65.1 Å². The molecule has 4 N–H and O–H groups in total. The SMILES string of the molecule is C=CCO[C@@H]1O[C@H](CO)[C@H](O)[C@H](O)[C@H]1NC(C)=O. The largest absolute Gasteiger partial charge is 0.394 e. The van der Waals surface area contributed by atoms with Gasteiger partial charge in [0, 0.05) is 6.92 Å². The van der Waals surface area contributed by atoms with Crippen LogP contribution in [0.5, 0.6) is 0 Å². The van der Waals surface area contributed by atoms with Crippen LogP contribution in [0.25, 0.3) is 0 Å². The van der Waals surface area contributed by atoms with Crippen molar-refractivity contribution in [2.75, 3.05) is 13.2 Å². The summed E-state index contributed by atoms with van der Waals surface area (Å²) >= 11 is 0. The van der Waals surface area contributed by atoms with Crippen LogP contribution >= 0.6 is 0 Å². The Morgan fingerprint density at radius 2 is 2.17 bits per heavy atom. The Morgan fingerprint density at radius 3 is 2.67 bits per heavy atom. The average Bonchev–Trinajstić information content (AvgIpc) is 2.33. The molecule has 18 heavy (non-hydrogen) atoms. The molecule has 1 fully saturated rings. The van der Waals surface area contributed by atoms with Gasteiger partial charge in [-0.3, -0.25) is 4.79 Å². The summed E-state index contributed by atoms with van der Waals surface area (Å²) in [5.41, 5.74) is 0. The summed E-state index contributed by atoms with van der Waals surface area (Å²) in [6, 6.07) is -0.903. The van der Waals surface area contributed by atoms with Crippen LogP contribution in [0.4, 0.5) is 0 Å². The van der Waals surface area contributed by atoms with Gasteiger partial charge in [-0.2, -0.15) is 0 Å². The molecule has 0 saturated carbocycles. The van der Waals surface area contributed by atoms with E-state index >= 15 is 0 Å². The molecular weight excluding hydrogens is 242 g/mol. The number of hydrogen-bond donors (Lipinski definition) is 4. The first-order valence-corrected chi connectivity index (χ1v) is 5.63. The van der Waals surface area contributed by atoms with Crippen LogP contribution in [0.1, 0.15) is 6.92 Å². The quantitative estimate of drug-likeness (QED) is 0.432. The minimum atomic E-state index is -1.30. The van der Waals surface area contributed by atoms with E-state index in [4.69, 9.17) is 14.6 Å². The predicted molar refractivity (Wildman–Crippen MR) is 61.5 cm³/mol. The highest BCUT2D eigenvalue weighted by Crippen LogP contribution is 2.22. The second kappa shape index (κ2) is 6.81. The molecule has 0 unspecified atom stereocenters. The van der Waals surface area contributed by atoms with E-state index in [-0.39, 0.29) is 12.5 Å². The number of carbonyl (C=O) groups excluding carboxylic acids is 1. The zero-order valence-corrected chi connectivity index (χ0v) is 10.2. The van der Waals surface area contributed by atoms with Crippen molar-refractivity contribution in [3.05, 3.63) is 12.7 Å². The van der Waals surface area contributed by atoms with E-state index in [1.807, 2.05) is 0 Å². The third-order valence-corrected chi connectivity index (χ3v) is 2.63. The Hall–Kier alpha value is -0.990. The van der Waals surface area contributed by atoms with Gasteiger partial charge in [-0.15, -0.1) is 6.58 Å². The lowest BCUT2D eigenvalue weighted by atomic mass is 9.97. The lowest BCUT2D eigenvalue weighted by Gasteiger charge is -2.42. The van der Waals surface area contributed by atoms with Crippen molar-refractivity contribution in [2.24, 2.45) is 0 Å². The molecule has 1 rings (SSSR count). The summed E-state index contributed by atoms with van der Waals surface area (Å²) in [5, 5.41) is 31.1. The van der Waals surface area contributed by atoms with Crippen molar-refractivity contribution < 1.29 is 29.6 Å². The minimum absolute atomic E-state index is 0.154. The molecule has 1 aliphatic heterocycles. The topological polar surface area (TPSA) is 108 Å². The molecule has 0 aliphatic carbocycles. The average molecular weight is 261 g/mol. The number of aliphatic hydroxyl groups is 3. The fourth-order valence-electron chi connectivity index (χ4n) is 1.78. The van der Waals surface area contributed by atoms with Crippen molar-refractivity contribution in [3.8, 4) is 0 Å². The molecule has 5 atom stereocenters. The van der Waals surface area contributed by atoms with Crippen molar-refractivity contribution in [1.82, 2.24) is 5.32 Å². The molecule has 7 heteroatoms. The molecule has 0 radical (unpaired) electrons. The Bertz CT molecular complexity index is 297. The van der Waals surface area contributed by atoms with Crippen LogP contribution in [0.15, 0.2) is 12.7 Å². The minimum Gasteiger partial charge on any atom is -0.394 e. The number of ether oxygens (including phenoxy) is 2. The van der Waals surface area contributed by atoms with Gasteiger partial charge in [-0.05, 0) is 0 Å². The normalized spacial score (nSPS) is 36.1. The maximum absolute atomic E-state index is 11.1. The first-order chi connectivity index (χ1) is 8.51. The van der Waals surface area contributed by atoms with Gasteiger partial charge in [0.1, 0.15) is 24.4 Å². The van der Waals surface area contributed by atoms with Crippen LogP contribution in [0, 0.1) is 0 Å². The Kier molecular flexibility index (Phi) is 5.70. The second-order valence-electron chi connectivity index (χ2n) is 4.05. The first-order valence-electron chi connectivity index (χ1n) is 5.63. The predicted octanol–water partition coefficient (Wildman–Crippen LogP) is -1.87. The van der Waals surface area contributed by atoms with Gasteiger partial charge in [0.25, 0.3) is 0 Å². The molecule has 0 aromatic heterocycles. The highest BCUT2D eigenvalue weighted by molar-refractivity contribution is 5.73. The van der Waals surface area contributed by atoms with E-state index in [2.05, 4.69) is 11.9 Å². The summed E-state index contributed by atoms with van der Waals surface area (Å²) in [4.78, 5) is 11.1. The van der Waals surface area contributed by atoms with Gasteiger partial charge >= 0.3 is 0 Å². The summed E-state index contributed by atoms with van der Waals surface area (Å²) in [6.07, 6.45) is -3.01. The molecule has 1 saturated heterocycles. The standard InChI is InChI=1S/C11H19NO6/c1-3-4-17-11-8(12-6(2)14)10(16)9(15)7(5-13)18-11/h3,7-11,13,15-16H,1,4-5H2,2H3,(H,12,14)/t7-,8-,9+,10-,11-/m1/s1. The number of hydrogen-bond acceptors (Lipinski definition) is 6.